The second-order valence-electron chi connectivity index (χ2n) is 7.03. The van der Waals surface area contributed by atoms with Gasteiger partial charge in [-0.25, -0.2) is 8.78 Å². The van der Waals surface area contributed by atoms with Crippen molar-refractivity contribution in [3.63, 3.8) is 0 Å². The van der Waals surface area contributed by atoms with Crippen LogP contribution in [0.2, 0.25) is 0 Å². The Morgan fingerprint density at radius 1 is 1.32 bits per heavy atom. The molecule has 3 atom stereocenters. The molecule has 0 spiro atoms. The van der Waals surface area contributed by atoms with Crippen molar-refractivity contribution in [3.05, 3.63) is 35.4 Å². The van der Waals surface area contributed by atoms with Gasteiger partial charge in [0.2, 0.25) is 5.91 Å². The average Bonchev–Trinajstić information content (AvgIpc) is 3.25. The van der Waals surface area contributed by atoms with E-state index in [9.17, 15) is 13.6 Å². The third-order valence-corrected chi connectivity index (χ3v) is 5.46. The summed E-state index contributed by atoms with van der Waals surface area (Å²) in [7, 11) is 1.74. The number of amides is 1. The van der Waals surface area contributed by atoms with Crippen LogP contribution in [0, 0.1) is 11.6 Å². The lowest BCUT2D eigenvalue weighted by Gasteiger charge is -2.30. The van der Waals surface area contributed by atoms with E-state index in [0.29, 0.717) is 6.04 Å². The fourth-order valence-corrected chi connectivity index (χ4v) is 4.06. The molecule has 3 rings (SSSR count). The largest absolute Gasteiger partial charge is 0.380 e. The molecule has 2 aliphatic rings. The first-order valence-electron chi connectivity index (χ1n) is 9.07. The average molecular weight is 352 g/mol. The smallest absolute Gasteiger partial charge is 0.220 e. The Bertz CT molecular complexity index is 611. The molecule has 0 bridgehead atoms. The van der Waals surface area contributed by atoms with Crippen LogP contribution in [0.25, 0.3) is 0 Å². The molecule has 2 fully saturated rings. The molecule has 1 aliphatic heterocycles. The van der Waals surface area contributed by atoms with E-state index in [-0.39, 0.29) is 36.5 Å². The zero-order valence-corrected chi connectivity index (χ0v) is 14.6. The number of rotatable bonds is 6. The molecule has 1 saturated carbocycles. The molecule has 4 nitrogen and oxygen atoms in total. The van der Waals surface area contributed by atoms with E-state index in [4.69, 9.17) is 4.74 Å². The Balaban J connectivity index is 1.51. The molecular formula is C19H26F2N2O2. The second-order valence-corrected chi connectivity index (χ2v) is 7.03. The quantitative estimate of drug-likeness (QED) is 0.856. The van der Waals surface area contributed by atoms with Gasteiger partial charge in [-0.3, -0.25) is 9.69 Å². The molecule has 25 heavy (non-hydrogen) atoms. The Hall–Kier alpha value is -1.53. The van der Waals surface area contributed by atoms with Crippen LogP contribution in [0.3, 0.4) is 0 Å². The van der Waals surface area contributed by atoms with E-state index in [1.165, 1.54) is 12.1 Å². The first-order chi connectivity index (χ1) is 12.1. The third-order valence-electron chi connectivity index (χ3n) is 5.46. The highest BCUT2D eigenvalue weighted by Crippen LogP contribution is 2.28. The molecule has 1 aromatic rings. The van der Waals surface area contributed by atoms with Crippen molar-refractivity contribution in [2.24, 2.45) is 0 Å². The number of nitrogens with zero attached hydrogens (tertiary/aromatic N) is 1. The monoisotopic (exact) mass is 352 g/mol. The number of carbonyl (C=O) groups excluding carboxylic acids is 1. The number of hydrogen-bond donors (Lipinski definition) is 1. The van der Waals surface area contributed by atoms with Crippen molar-refractivity contribution in [3.8, 4) is 0 Å². The molecule has 6 heteroatoms. The van der Waals surface area contributed by atoms with Gasteiger partial charge >= 0.3 is 0 Å². The van der Waals surface area contributed by atoms with Gasteiger partial charge in [-0.05, 0) is 43.7 Å². The SMILES string of the molecule is COC1CCN([C@H]2CCC[C@H]2NC(=O)CCc2cccc(F)c2F)C1. The van der Waals surface area contributed by atoms with Crippen LogP contribution in [-0.4, -0.2) is 49.2 Å². The number of halogens is 2. The van der Waals surface area contributed by atoms with Crippen LogP contribution in [0.4, 0.5) is 8.78 Å². The van der Waals surface area contributed by atoms with E-state index in [0.717, 1.165) is 44.8 Å². The minimum Gasteiger partial charge on any atom is -0.380 e. The molecule has 1 N–H and O–H groups in total. The first-order valence-corrected chi connectivity index (χ1v) is 9.07. The zero-order chi connectivity index (χ0) is 17.8. The maximum atomic E-state index is 13.7. The highest BCUT2D eigenvalue weighted by Gasteiger charge is 2.36. The Morgan fingerprint density at radius 2 is 2.16 bits per heavy atom. The summed E-state index contributed by atoms with van der Waals surface area (Å²) in [6.45, 7) is 1.92. The lowest BCUT2D eigenvalue weighted by Crippen LogP contribution is -2.48. The van der Waals surface area contributed by atoms with Crippen molar-refractivity contribution in [1.82, 2.24) is 10.2 Å². The number of likely N-dealkylation sites (tertiary alicyclic amines) is 1. The maximum Gasteiger partial charge on any atom is 0.220 e. The minimum atomic E-state index is -0.865. The number of carbonyl (C=O) groups is 1. The predicted molar refractivity (Wildman–Crippen MR) is 91.2 cm³/mol. The summed E-state index contributed by atoms with van der Waals surface area (Å²) in [6, 6.07) is 4.58. The van der Waals surface area contributed by atoms with E-state index >= 15 is 0 Å². The van der Waals surface area contributed by atoms with Crippen molar-refractivity contribution in [1.29, 1.82) is 0 Å². The van der Waals surface area contributed by atoms with Crippen LogP contribution in [0.5, 0.6) is 0 Å². The van der Waals surface area contributed by atoms with Crippen LogP contribution >= 0.6 is 0 Å². The normalized spacial score (nSPS) is 26.9. The number of aryl methyl sites for hydroxylation is 1. The Labute approximate surface area is 147 Å². The van der Waals surface area contributed by atoms with Crippen LogP contribution in [0.15, 0.2) is 18.2 Å². The number of nitrogens with one attached hydrogen (secondary N) is 1. The van der Waals surface area contributed by atoms with Gasteiger partial charge in [-0.15, -0.1) is 0 Å². The van der Waals surface area contributed by atoms with Crippen molar-refractivity contribution >= 4 is 5.91 Å². The van der Waals surface area contributed by atoms with E-state index < -0.39 is 11.6 Å². The lowest BCUT2D eigenvalue weighted by atomic mass is 10.1. The van der Waals surface area contributed by atoms with Gasteiger partial charge < -0.3 is 10.1 Å². The molecular weight excluding hydrogens is 326 g/mol. The van der Waals surface area contributed by atoms with Crippen LogP contribution in [0.1, 0.15) is 37.7 Å². The highest BCUT2D eigenvalue weighted by atomic mass is 19.2. The summed E-state index contributed by atoms with van der Waals surface area (Å²) >= 11 is 0. The topological polar surface area (TPSA) is 41.6 Å². The van der Waals surface area contributed by atoms with Gasteiger partial charge in [-0.1, -0.05) is 12.1 Å². The van der Waals surface area contributed by atoms with Crippen molar-refractivity contribution in [2.45, 2.75) is 56.7 Å². The van der Waals surface area contributed by atoms with Gasteiger partial charge in [0.25, 0.3) is 0 Å². The first kappa shape index (κ1) is 18.3. The van der Waals surface area contributed by atoms with Crippen LogP contribution in [-0.2, 0) is 16.0 Å². The standard InChI is InChI=1S/C19H26F2N2O2/c1-25-14-10-11-23(12-14)17-7-3-6-16(17)22-18(24)9-8-13-4-2-5-15(20)19(13)21/h2,4-5,14,16-17H,3,6-12H2,1H3,(H,22,24)/t14?,16-,17+/m1/s1. The van der Waals surface area contributed by atoms with E-state index in [2.05, 4.69) is 10.2 Å². The predicted octanol–water partition coefficient (Wildman–Crippen LogP) is 2.66. The summed E-state index contributed by atoms with van der Waals surface area (Å²) in [6.07, 6.45) is 4.85. The summed E-state index contributed by atoms with van der Waals surface area (Å²) in [5.74, 6) is -1.81. The molecule has 1 unspecified atom stereocenters. The molecule has 0 radical (unpaired) electrons. The number of hydrogen-bond acceptors (Lipinski definition) is 3. The summed E-state index contributed by atoms with van der Waals surface area (Å²) in [5.41, 5.74) is 0.251. The lowest BCUT2D eigenvalue weighted by molar-refractivity contribution is -0.122. The Kier molecular flexibility index (Phi) is 6.02. The fourth-order valence-electron chi connectivity index (χ4n) is 4.06. The molecule has 138 valence electrons. The van der Waals surface area contributed by atoms with Gasteiger partial charge in [0.1, 0.15) is 0 Å². The van der Waals surface area contributed by atoms with Crippen LogP contribution < -0.4 is 5.32 Å². The van der Waals surface area contributed by atoms with E-state index in [1.54, 1.807) is 7.11 Å². The molecule has 1 aromatic carbocycles. The minimum absolute atomic E-state index is 0.0944. The second kappa shape index (κ2) is 8.23. The van der Waals surface area contributed by atoms with Gasteiger partial charge in [-0.2, -0.15) is 0 Å². The Morgan fingerprint density at radius 3 is 2.92 bits per heavy atom. The summed E-state index contributed by atoms with van der Waals surface area (Å²) in [4.78, 5) is 14.7. The molecule has 1 heterocycles. The van der Waals surface area contributed by atoms with Crippen molar-refractivity contribution < 1.29 is 18.3 Å². The molecule has 1 aliphatic carbocycles. The fraction of sp³-hybridized carbons (Fsp3) is 0.632. The van der Waals surface area contributed by atoms with Gasteiger partial charge in [0, 0.05) is 38.7 Å². The highest BCUT2D eigenvalue weighted by molar-refractivity contribution is 5.76. The zero-order valence-electron chi connectivity index (χ0n) is 14.6. The molecule has 0 aromatic heterocycles. The number of methoxy groups -OCH3 is 1. The van der Waals surface area contributed by atoms with E-state index in [1.807, 2.05) is 0 Å². The number of benzene rings is 1. The van der Waals surface area contributed by atoms with Gasteiger partial charge in [0.15, 0.2) is 11.6 Å². The number of ether oxygens (including phenoxy) is 1. The maximum absolute atomic E-state index is 13.7. The van der Waals surface area contributed by atoms with Gasteiger partial charge in [0.05, 0.1) is 6.10 Å². The summed E-state index contributed by atoms with van der Waals surface area (Å²) in [5, 5.41) is 3.11. The molecule has 1 amide bonds. The molecule has 1 saturated heterocycles. The van der Waals surface area contributed by atoms with Crippen molar-refractivity contribution in [2.75, 3.05) is 20.2 Å². The summed E-state index contributed by atoms with van der Waals surface area (Å²) < 4.78 is 32.3. The third kappa shape index (κ3) is 4.36.